The Hall–Kier alpha value is -2.13. The molecule has 0 radical (unpaired) electrons. The largest absolute Gasteiger partial charge is 0.285 e. The molecule has 2 atom stereocenters. The van der Waals surface area contributed by atoms with Gasteiger partial charge in [-0.3, -0.25) is 10.0 Å². The Balaban J connectivity index is 1.59. The van der Waals surface area contributed by atoms with Crippen LogP contribution in [0.4, 0.5) is 0 Å². The number of nitrogens with zero attached hydrogens (tertiary/aromatic N) is 1. The summed E-state index contributed by atoms with van der Waals surface area (Å²) in [7, 11) is 0. The molecule has 1 aliphatic rings. The predicted molar refractivity (Wildman–Crippen MR) is 89.9 cm³/mol. The fraction of sp³-hybridized carbons (Fsp3) is 0.350. The van der Waals surface area contributed by atoms with Gasteiger partial charge in [0.1, 0.15) is 0 Å². The van der Waals surface area contributed by atoms with Crippen molar-refractivity contribution in [1.29, 1.82) is 0 Å². The molecule has 2 aromatic rings. The Morgan fingerprint density at radius 3 is 2.35 bits per heavy atom. The minimum atomic E-state index is -0.209. The van der Waals surface area contributed by atoms with E-state index >= 15 is 0 Å². The number of hydrogen-bond donors (Lipinski definition) is 1. The summed E-state index contributed by atoms with van der Waals surface area (Å²) in [5.74, 6) is 0.189. The molecular formula is C20H23NO2. The number of amides is 1. The molecule has 1 fully saturated rings. The van der Waals surface area contributed by atoms with Crippen molar-refractivity contribution in [3.8, 4) is 0 Å². The molecule has 0 bridgehead atoms. The van der Waals surface area contributed by atoms with E-state index in [1.807, 2.05) is 36.4 Å². The molecule has 0 saturated carbocycles. The van der Waals surface area contributed by atoms with Crippen molar-refractivity contribution in [3.63, 3.8) is 0 Å². The third-order valence-electron chi connectivity index (χ3n) is 4.68. The van der Waals surface area contributed by atoms with Crippen molar-refractivity contribution >= 4 is 5.91 Å². The van der Waals surface area contributed by atoms with Gasteiger partial charge < -0.3 is 0 Å². The van der Waals surface area contributed by atoms with Crippen LogP contribution in [0.5, 0.6) is 0 Å². The molecule has 1 saturated heterocycles. The van der Waals surface area contributed by atoms with E-state index in [1.165, 1.54) is 5.56 Å². The Bertz CT molecular complexity index is 627. The van der Waals surface area contributed by atoms with E-state index in [4.69, 9.17) is 0 Å². The normalized spacial score (nSPS) is 21.4. The van der Waals surface area contributed by atoms with Crippen molar-refractivity contribution in [2.45, 2.75) is 38.1 Å². The van der Waals surface area contributed by atoms with Crippen LogP contribution in [0, 0.1) is 5.92 Å². The summed E-state index contributed by atoms with van der Waals surface area (Å²) in [6, 6.07) is 20.1. The standard InChI is InChI=1S/C20H23NO2/c22-20-15-17(11-7-10-16-8-3-1-4-9-16)14-19(21(20)23)18-12-5-2-6-13-18/h1-6,8-9,12-13,17,19,23H,7,10-11,14-15H2/t17-,19-/m0/s1. The molecule has 1 heterocycles. The number of hydrogen-bond acceptors (Lipinski definition) is 2. The van der Waals surface area contributed by atoms with Gasteiger partial charge in [-0.1, -0.05) is 60.7 Å². The topological polar surface area (TPSA) is 40.5 Å². The van der Waals surface area contributed by atoms with Crippen LogP contribution in [0.15, 0.2) is 60.7 Å². The van der Waals surface area contributed by atoms with Crippen LogP contribution in [0.2, 0.25) is 0 Å². The first-order valence-electron chi connectivity index (χ1n) is 8.34. The molecule has 3 nitrogen and oxygen atoms in total. The molecule has 1 N–H and O–H groups in total. The molecule has 0 aliphatic carbocycles. The highest BCUT2D eigenvalue weighted by Gasteiger charge is 2.33. The number of carbonyl (C=O) groups excluding carboxylic acids is 1. The van der Waals surface area contributed by atoms with Gasteiger partial charge in [0, 0.05) is 6.42 Å². The highest BCUT2D eigenvalue weighted by atomic mass is 16.5. The van der Waals surface area contributed by atoms with Crippen LogP contribution in [-0.2, 0) is 11.2 Å². The number of rotatable bonds is 5. The molecule has 3 rings (SSSR count). The summed E-state index contributed by atoms with van der Waals surface area (Å²) >= 11 is 0. The highest BCUT2D eigenvalue weighted by molar-refractivity contribution is 5.76. The van der Waals surface area contributed by atoms with Gasteiger partial charge in [-0.2, -0.15) is 0 Å². The quantitative estimate of drug-likeness (QED) is 0.833. The van der Waals surface area contributed by atoms with E-state index in [-0.39, 0.29) is 11.9 Å². The number of benzene rings is 2. The lowest BCUT2D eigenvalue weighted by Crippen LogP contribution is -2.39. The average Bonchev–Trinajstić information content (AvgIpc) is 2.59. The summed E-state index contributed by atoms with van der Waals surface area (Å²) in [4.78, 5) is 12.1. The maximum Gasteiger partial charge on any atom is 0.246 e. The summed E-state index contributed by atoms with van der Waals surface area (Å²) in [5.41, 5.74) is 2.36. The fourth-order valence-electron chi connectivity index (χ4n) is 3.43. The van der Waals surface area contributed by atoms with E-state index in [1.54, 1.807) is 0 Å². The lowest BCUT2D eigenvalue weighted by molar-refractivity contribution is -0.187. The van der Waals surface area contributed by atoms with Crippen LogP contribution < -0.4 is 0 Å². The summed E-state index contributed by atoms with van der Waals surface area (Å²) in [5, 5.41) is 11.0. The molecule has 23 heavy (non-hydrogen) atoms. The van der Waals surface area contributed by atoms with Gasteiger partial charge in [0.15, 0.2) is 0 Å². The first-order chi connectivity index (χ1) is 11.2. The number of hydroxylamine groups is 2. The van der Waals surface area contributed by atoms with Gasteiger partial charge in [0.2, 0.25) is 5.91 Å². The molecule has 0 spiro atoms. The minimum absolute atomic E-state index is 0.158. The maximum atomic E-state index is 12.1. The number of aryl methyl sites for hydroxylation is 1. The summed E-state index contributed by atoms with van der Waals surface area (Å²) in [6.07, 6.45) is 4.44. The number of carbonyl (C=O) groups is 1. The van der Waals surface area contributed by atoms with Gasteiger partial charge in [-0.25, -0.2) is 5.06 Å². The molecule has 3 heteroatoms. The van der Waals surface area contributed by atoms with Gasteiger partial charge in [0.05, 0.1) is 6.04 Å². The predicted octanol–water partition coefficient (Wildman–Crippen LogP) is 4.38. The van der Waals surface area contributed by atoms with Crippen LogP contribution >= 0.6 is 0 Å². The molecule has 2 aromatic carbocycles. The Morgan fingerprint density at radius 1 is 1.00 bits per heavy atom. The Labute approximate surface area is 137 Å². The van der Waals surface area contributed by atoms with Crippen molar-refractivity contribution in [3.05, 3.63) is 71.8 Å². The third-order valence-corrected chi connectivity index (χ3v) is 4.68. The van der Waals surface area contributed by atoms with Gasteiger partial charge in [-0.15, -0.1) is 0 Å². The SMILES string of the molecule is O=C1C[C@@H](CCCc2ccccc2)C[C@@H](c2ccccc2)N1O. The Kier molecular flexibility index (Phi) is 5.09. The summed E-state index contributed by atoms with van der Waals surface area (Å²) < 4.78 is 0. The van der Waals surface area contributed by atoms with E-state index in [9.17, 15) is 10.0 Å². The second kappa shape index (κ2) is 7.42. The molecule has 0 unspecified atom stereocenters. The zero-order valence-corrected chi connectivity index (χ0v) is 13.3. The van der Waals surface area contributed by atoms with Crippen molar-refractivity contribution in [1.82, 2.24) is 5.06 Å². The first kappa shape index (κ1) is 15.8. The van der Waals surface area contributed by atoms with Crippen LogP contribution in [0.25, 0.3) is 0 Å². The summed E-state index contributed by atoms with van der Waals surface area (Å²) in [6.45, 7) is 0. The van der Waals surface area contributed by atoms with Crippen LogP contribution in [-0.4, -0.2) is 16.2 Å². The second-order valence-corrected chi connectivity index (χ2v) is 6.35. The van der Waals surface area contributed by atoms with Crippen molar-refractivity contribution < 1.29 is 10.0 Å². The highest BCUT2D eigenvalue weighted by Crippen LogP contribution is 2.35. The second-order valence-electron chi connectivity index (χ2n) is 6.35. The molecular weight excluding hydrogens is 286 g/mol. The molecule has 120 valence electrons. The zero-order chi connectivity index (χ0) is 16.1. The van der Waals surface area contributed by atoms with Gasteiger partial charge in [0.25, 0.3) is 0 Å². The lowest BCUT2D eigenvalue weighted by atomic mass is 9.84. The van der Waals surface area contributed by atoms with Crippen LogP contribution in [0.3, 0.4) is 0 Å². The van der Waals surface area contributed by atoms with Crippen LogP contribution in [0.1, 0.15) is 42.9 Å². The molecule has 1 amide bonds. The van der Waals surface area contributed by atoms with Crippen molar-refractivity contribution in [2.75, 3.05) is 0 Å². The molecule has 0 aromatic heterocycles. The third kappa shape index (κ3) is 3.99. The monoisotopic (exact) mass is 309 g/mol. The number of piperidine rings is 1. The van der Waals surface area contributed by atoms with E-state index in [0.29, 0.717) is 12.3 Å². The first-order valence-corrected chi connectivity index (χ1v) is 8.34. The lowest BCUT2D eigenvalue weighted by Gasteiger charge is -2.35. The van der Waals surface area contributed by atoms with Gasteiger partial charge in [-0.05, 0) is 42.7 Å². The van der Waals surface area contributed by atoms with Gasteiger partial charge >= 0.3 is 0 Å². The van der Waals surface area contributed by atoms with E-state index in [0.717, 1.165) is 36.3 Å². The molecule has 1 aliphatic heterocycles. The smallest absolute Gasteiger partial charge is 0.246 e. The zero-order valence-electron chi connectivity index (χ0n) is 13.3. The average molecular weight is 309 g/mol. The fourth-order valence-corrected chi connectivity index (χ4v) is 3.43. The minimum Gasteiger partial charge on any atom is -0.285 e. The maximum absolute atomic E-state index is 12.1. The van der Waals surface area contributed by atoms with E-state index in [2.05, 4.69) is 24.3 Å². The Morgan fingerprint density at radius 2 is 1.65 bits per heavy atom. The van der Waals surface area contributed by atoms with Crippen molar-refractivity contribution in [2.24, 2.45) is 5.92 Å². The van der Waals surface area contributed by atoms with E-state index < -0.39 is 0 Å².